The van der Waals surface area contributed by atoms with E-state index in [0.29, 0.717) is 18.0 Å². The summed E-state index contributed by atoms with van der Waals surface area (Å²) < 4.78 is 5.42. The fourth-order valence-electron chi connectivity index (χ4n) is 2.64. The molecule has 0 aliphatic heterocycles. The molecule has 1 aromatic heterocycles. The molecule has 3 rings (SSSR count). The van der Waals surface area contributed by atoms with Crippen molar-refractivity contribution in [1.29, 1.82) is 0 Å². The monoisotopic (exact) mass is 390 g/mol. The van der Waals surface area contributed by atoms with Gasteiger partial charge in [-0.05, 0) is 61.5 Å². The Kier molecular flexibility index (Phi) is 6.42. The second-order valence-electron chi connectivity index (χ2n) is 6.23. The molecule has 0 fully saturated rings. The first-order valence-electron chi connectivity index (χ1n) is 9.18. The molecular weight excluding hydrogens is 368 g/mol. The molecule has 0 bridgehead atoms. The van der Waals surface area contributed by atoms with Crippen molar-refractivity contribution in [2.24, 2.45) is 0 Å². The third-order valence-corrected chi connectivity index (χ3v) is 3.89. The summed E-state index contributed by atoms with van der Waals surface area (Å²) in [4.78, 5) is 27.8. The van der Waals surface area contributed by atoms with E-state index >= 15 is 0 Å². The van der Waals surface area contributed by atoms with Crippen LogP contribution in [0.4, 0.5) is 22.7 Å². The van der Waals surface area contributed by atoms with Gasteiger partial charge in [0, 0.05) is 24.0 Å². The molecule has 3 aromatic rings. The van der Waals surface area contributed by atoms with Gasteiger partial charge in [0.1, 0.15) is 11.4 Å². The minimum Gasteiger partial charge on any atom is -0.494 e. The Morgan fingerprint density at radius 2 is 1.59 bits per heavy atom. The molecule has 0 atom stereocenters. The van der Waals surface area contributed by atoms with Gasteiger partial charge in [-0.25, -0.2) is 4.98 Å². The zero-order valence-corrected chi connectivity index (χ0v) is 16.2. The number of benzene rings is 2. The smallest absolute Gasteiger partial charge is 0.274 e. The molecule has 0 aliphatic rings. The molecule has 2 amide bonds. The molecule has 0 spiro atoms. The SMILES string of the molecule is CCOc1ccc(Nc2ccc(C(=O)Nc3cccc(NC(C)=O)c3)nc2)cc1. The number of rotatable bonds is 7. The number of nitrogens with zero attached hydrogens (tertiary/aromatic N) is 1. The first-order chi connectivity index (χ1) is 14.0. The van der Waals surface area contributed by atoms with Crippen LogP contribution in [0.3, 0.4) is 0 Å². The van der Waals surface area contributed by atoms with Gasteiger partial charge in [-0.2, -0.15) is 0 Å². The van der Waals surface area contributed by atoms with Crippen molar-refractivity contribution in [3.05, 3.63) is 72.6 Å². The number of nitrogens with one attached hydrogen (secondary N) is 3. The highest BCUT2D eigenvalue weighted by atomic mass is 16.5. The summed E-state index contributed by atoms with van der Waals surface area (Å²) in [6.45, 7) is 3.99. The van der Waals surface area contributed by atoms with Gasteiger partial charge in [-0.15, -0.1) is 0 Å². The Labute approximate surface area is 169 Å². The van der Waals surface area contributed by atoms with E-state index in [1.54, 1.807) is 42.6 Å². The largest absolute Gasteiger partial charge is 0.494 e. The van der Waals surface area contributed by atoms with E-state index in [1.165, 1.54) is 6.92 Å². The summed E-state index contributed by atoms with van der Waals surface area (Å²) >= 11 is 0. The fourth-order valence-corrected chi connectivity index (χ4v) is 2.64. The Bertz CT molecular complexity index is 986. The van der Waals surface area contributed by atoms with Crippen molar-refractivity contribution in [3.8, 4) is 5.75 Å². The van der Waals surface area contributed by atoms with Crippen LogP contribution < -0.4 is 20.7 Å². The Hall–Kier alpha value is -3.87. The number of pyridine rings is 1. The number of aromatic nitrogens is 1. The van der Waals surface area contributed by atoms with Crippen LogP contribution in [0.15, 0.2) is 66.9 Å². The van der Waals surface area contributed by atoms with Crippen LogP contribution in [-0.4, -0.2) is 23.4 Å². The Morgan fingerprint density at radius 1 is 0.897 bits per heavy atom. The molecule has 0 aliphatic carbocycles. The molecule has 0 saturated heterocycles. The van der Waals surface area contributed by atoms with Gasteiger partial charge in [0.2, 0.25) is 5.91 Å². The molecule has 148 valence electrons. The number of anilines is 4. The van der Waals surface area contributed by atoms with E-state index in [9.17, 15) is 9.59 Å². The Morgan fingerprint density at radius 3 is 2.21 bits per heavy atom. The first kappa shape index (κ1) is 19.9. The average Bonchev–Trinajstić information content (AvgIpc) is 2.70. The van der Waals surface area contributed by atoms with Gasteiger partial charge in [0.25, 0.3) is 5.91 Å². The normalized spacial score (nSPS) is 10.1. The number of hydrogen-bond donors (Lipinski definition) is 3. The van der Waals surface area contributed by atoms with Crippen LogP contribution >= 0.6 is 0 Å². The standard InChI is InChI=1S/C22H22N4O3/c1-3-29-20-10-7-16(8-11-20)25-19-9-12-21(23-14-19)22(28)26-18-6-4-5-17(13-18)24-15(2)27/h4-14,25H,3H2,1-2H3,(H,24,27)(H,26,28). The molecule has 0 radical (unpaired) electrons. The maximum absolute atomic E-state index is 12.4. The van der Waals surface area contributed by atoms with Gasteiger partial charge in [0.05, 0.1) is 18.5 Å². The molecule has 0 unspecified atom stereocenters. The highest BCUT2D eigenvalue weighted by Gasteiger charge is 2.08. The van der Waals surface area contributed by atoms with Crippen LogP contribution in [-0.2, 0) is 4.79 Å². The number of hydrogen-bond acceptors (Lipinski definition) is 5. The third kappa shape index (κ3) is 5.80. The zero-order chi connectivity index (χ0) is 20.6. The van der Waals surface area contributed by atoms with Crippen molar-refractivity contribution in [3.63, 3.8) is 0 Å². The van der Waals surface area contributed by atoms with Crippen LogP contribution in [0.1, 0.15) is 24.3 Å². The second-order valence-corrected chi connectivity index (χ2v) is 6.23. The fraction of sp³-hybridized carbons (Fsp3) is 0.136. The van der Waals surface area contributed by atoms with Gasteiger partial charge < -0.3 is 20.7 Å². The quantitative estimate of drug-likeness (QED) is 0.555. The van der Waals surface area contributed by atoms with Gasteiger partial charge >= 0.3 is 0 Å². The molecule has 0 saturated carbocycles. The summed E-state index contributed by atoms with van der Waals surface area (Å²) in [5, 5.41) is 8.67. The summed E-state index contributed by atoms with van der Waals surface area (Å²) in [6.07, 6.45) is 1.60. The molecule has 7 nitrogen and oxygen atoms in total. The topological polar surface area (TPSA) is 92.4 Å². The summed E-state index contributed by atoms with van der Waals surface area (Å²) in [7, 11) is 0. The van der Waals surface area contributed by atoms with Crippen LogP contribution in [0.5, 0.6) is 5.75 Å². The molecule has 2 aromatic carbocycles. The van der Waals surface area contributed by atoms with Crippen molar-refractivity contribution >= 4 is 34.6 Å². The Balaban J connectivity index is 1.62. The minimum absolute atomic E-state index is 0.175. The lowest BCUT2D eigenvalue weighted by atomic mass is 10.2. The molecule has 7 heteroatoms. The van der Waals surface area contributed by atoms with Gasteiger partial charge in [-0.3, -0.25) is 9.59 Å². The zero-order valence-electron chi connectivity index (χ0n) is 16.2. The highest BCUT2D eigenvalue weighted by molar-refractivity contribution is 6.03. The van der Waals surface area contributed by atoms with Gasteiger partial charge in [0.15, 0.2) is 0 Å². The lowest BCUT2D eigenvalue weighted by Crippen LogP contribution is -2.14. The maximum Gasteiger partial charge on any atom is 0.274 e. The summed E-state index contributed by atoms with van der Waals surface area (Å²) in [5.41, 5.74) is 3.12. The molecular formula is C22H22N4O3. The van der Waals surface area contributed by atoms with Gasteiger partial charge in [-0.1, -0.05) is 6.07 Å². The number of ether oxygens (including phenoxy) is 1. The molecule has 1 heterocycles. The number of carbonyl (C=O) groups is 2. The van der Waals surface area contributed by atoms with Crippen molar-refractivity contribution in [2.75, 3.05) is 22.6 Å². The first-order valence-corrected chi connectivity index (χ1v) is 9.18. The van der Waals surface area contributed by atoms with E-state index in [4.69, 9.17) is 4.74 Å². The van der Waals surface area contributed by atoms with E-state index in [0.717, 1.165) is 17.1 Å². The van der Waals surface area contributed by atoms with Crippen molar-refractivity contribution in [1.82, 2.24) is 4.98 Å². The summed E-state index contributed by atoms with van der Waals surface area (Å²) in [6, 6.07) is 17.9. The van der Waals surface area contributed by atoms with Crippen molar-refractivity contribution < 1.29 is 14.3 Å². The molecule has 29 heavy (non-hydrogen) atoms. The summed E-state index contributed by atoms with van der Waals surface area (Å²) in [5.74, 6) is 0.300. The highest BCUT2D eigenvalue weighted by Crippen LogP contribution is 2.20. The van der Waals surface area contributed by atoms with Crippen LogP contribution in [0.25, 0.3) is 0 Å². The lowest BCUT2D eigenvalue weighted by Gasteiger charge is -2.09. The average molecular weight is 390 g/mol. The maximum atomic E-state index is 12.4. The van der Waals surface area contributed by atoms with E-state index in [1.807, 2.05) is 31.2 Å². The second kappa shape index (κ2) is 9.36. The van der Waals surface area contributed by atoms with Crippen LogP contribution in [0.2, 0.25) is 0 Å². The van der Waals surface area contributed by atoms with Crippen molar-refractivity contribution in [2.45, 2.75) is 13.8 Å². The predicted octanol–water partition coefficient (Wildman–Crippen LogP) is 4.43. The lowest BCUT2D eigenvalue weighted by molar-refractivity contribution is -0.114. The van der Waals surface area contributed by atoms with E-state index in [2.05, 4.69) is 20.9 Å². The number of amides is 2. The molecule has 3 N–H and O–H groups in total. The predicted molar refractivity (Wildman–Crippen MR) is 114 cm³/mol. The minimum atomic E-state index is -0.336. The van der Waals surface area contributed by atoms with E-state index in [-0.39, 0.29) is 17.5 Å². The van der Waals surface area contributed by atoms with E-state index < -0.39 is 0 Å². The number of carbonyl (C=O) groups excluding carboxylic acids is 2. The van der Waals surface area contributed by atoms with Crippen LogP contribution in [0, 0.1) is 0 Å². The third-order valence-electron chi connectivity index (χ3n) is 3.89.